The van der Waals surface area contributed by atoms with Gasteiger partial charge in [0.2, 0.25) is 0 Å². The van der Waals surface area contributed by atoms with E-state index in [-0.39, 0.29) is 16.9 Å². The Bertz CT molecular complexity index is 529. The molecule has 0 atom stereocenters. The molecular weight excluding hydrogens is 198 g/mol. The highest BCUT2D eigenvalue weighted by Crippen LogP contribution is 2.27. The number of carbonyl (C=O) groups is 1. The number of rotatable bonds is 1. The van der Waals surface area contributed by atoms with Gasteiger partial charge in [0.1, 0.15) is 5.52 Å². The second-order valence-electron chi connectivity index (χ2n) is 3.07. The van der Waals surface area contributed by atoms with Crippen LogP contribution in [0.1, 0.15) is 16.2 Å². The summed E-state index contributed by atoms with van der Waals surface area (Å²) >= 11 is 0. The molecule has 0 saturated carbocycles. The summed E-state index contributed by atoms with van der Waals surface area (Å²) in [4.78, 5) is 15.2. The summed E-state index contributed by atoms with van der Waals surface area (Å²) in [5, 5.41) is 9.57. The van der Waals surface area contributed by atoms with Gasteiger partial charge in [-0.05, 0) is 12.1 Å². The number of hydrogen-bond donors (Lipinski definition) is 1. The molecule has 0 saturated heterocycles. The third-order valence-electron chi connectivity index (χ3n) is 2.00. The predicted molar refractivity (Wildman–Crippen MR) is 51.8 cm³/mol. The lowest BCUT2D eigenvalue weighted by molar-refractivity contribution is 0.0600. The molecule has 2 rings (SSSR count). The van der Waals surface area contributed by atoms with Crippen LogP contribution in [0.15, 0.2) is 16.5 Å². The van der Waals surface area contributed by atoms with Crippen molar-refractivity contribution in [1.29, 1.82) is 0 Å². The minimum Gasteiger partial charge on any atom is -0.504 e. The SMILES string of the molecule is COC(=O)c1cc(O)c2oc(C)nc2c1. The number of fused-ring (bicyclic) bond motifs is 1. The number of aryl methyl sites for hydroxylation is 1. The average Bonchev–Trinajstić information content (AvgIpc) is 2.58. The summed E-state index contributed by atoms with van der Waals surface area (Å²) in [5.74, 6) is -0.205. The molecule has 1 aromatic carbocycles. The molecule has 1 heterocycles. The van der Waals surface area contributed by atoms with Crippen molar-refractivity contribution in [2.24, 2.45) is 0 Å². The monoisotopic (exact) mass is 207 g/mol. The second kappa shape index (κ2) is 3.27. The summed E-state index contributed by atoms with van der Waals surface area (Å²) in [7, 11) is 1.28. The fraction of sp³-hybridized carbons (Fsp3) is 0.200. The summed E-state index contributed by atoms with van der Waals surface area (Å²) < 4.78 is 9.69. The van der Waals surface area contributed by atoms with Gasteiger partial charge in [-0.3, -0.25) is 0 Å². The van der Waals surface area contributed by atoms with E-state index in [2.05, 4.69) is 9.72 Å². The molecule has 0 aliphatic heterocycles. The van der Waals surface area contributed by atoms with Crippen LogP contribution in [0.3, 0.4) is 0 Å². The molecule has 0 fully saturated rings. The van der Waals surface area contributed by atoms with Gasteiger partial charge in [0, 0.05) is 6.92 Å². The first-order chi connectivity index (χ1) is 7.11. The van der Waals surface area contributed by atoms with Gasteiger partial charge in [0.15, 0.2) is 17.2 Å². The van der Waals surface area contributed by atoms with Crippen LogP contribution in [0.2, 0.25) is 0 Å². The molecule has 5 heteroatoms. The van der Waals surface area contributed by atoms with Crippen molar-refractivity contribution in [2.75, 3.05) is 7.11 Å². The van der Waals surface area contributed by atoms with E-state index in [1.54, 1.807) is 6.92 Å². The fourth-order valence-corrected chi connectivity index (χ4v) is 1.36. The van der Waals surface area contributed by atoms with E-state index < -0.39 is 5.97 Å². The lowest BCUT2D eigenvalue weighted by Crippen LogP contribution is -2.00. The Morgan fingerprint density at radius 3 is 2.93 bits per heavy atom. The van der Waals surface area contributed by atoms with Crippen LogP contribution in [0.5, 0.6) is 5.75 Å². The molecule has 0 bridgehead atoms. The van der Waals surface area contributed by atoms with Gasteiger partial charge in [-0.15, -0.1) is 0 Å². The van der Waals surface area contributed by atoms with E-state index in [4.69, 9.17) is 4.42 Å². The Kier molecular flexibility index (Phi) is 2.07. The summed E-state index contributed by atoms with van der Waals surface area (Å²) in [6.45, 7) is 1.66. The second-order valence-corrected chi connectivity index (χ2v) is 3.07. The van der Waals surface area contributed by atoms with Gasteiger partial charge in [-0.2, -0.15) is 0 Å². The van der Waals surface area contributed by atoms with Crippen LogP contribution in [0.4, 0.5) is 0 Å². The number of methoxy groups -OCH3 is 1. The number of ether oxygens (including phenoxy) is 1. The highest BCUT2D eigenvalue weighted by molar-refractivity contribution is 5.95. The molecule has 0 aliphatic rings. The summed E-state index contributed by atoms with van der Waals surface area (Å²) in [6.07, 6.45) is 0. The molecule has 1 aromatic heterocycles. The maximum Gasteiger partial charge on any atom is 0.338 e. The number of benzene rings is 1. The smallest absolute Gasteiger partial charge is 0.338 e. The standard InChI is InChI=1S/C10H9NO4/c1-5-11-7-3-6(10(13)14-2)4-8(12)9(7)15-5/h3-4,12H,1-2H3. The highest BCUT2D eigenvalue weighted by atomic mass is 16.5. The normalized spacial score (nSPS) is 10.5. The Morgan fingerprint density at radius 2 is 2.27 bits per heavy atom. The molecule has 0 spiro atoms. The van der Waals surface area contributed by atoms with Crippen molar-refractivity contribution < 1.29 is 19.1 Å². The molecule has 78 valence electrons. The molecule has 5 nitrogen and oxygen atoms in total. The van der Waals surface area contributed by atoms with Gasteiger partial charge < -0.3 is 14.3 Å². The lowest BCUT2D eigenvalue weighted by Gasteiger charge is -1.99. The highest BCUT2D eigenvalue weighted by Gasteiger charge is 2.13. The number of phenols is 1. The lowest BCUT2D eigenvalue weighted by atomic mass is 10.2. The number of nitrogens with zero attached hydrogens (tertiary/aromatic N) is 1. The zero-order valence-corrected chi connectivity index (χ0v) is 8.27. The molecule has 0 radical (unpaired) electrons. The fourth-order valence-electron chi connectivity index (χ4n) is 1.36. The predicted octanol–water partition coefficient (Wildman–Crippen LogP) is 1.63. The molecule has 0 amide bonds. The number of oxazole rings is 1. The third-order valence-corrected chi connectivity index (χ3v) is 2.00. The van der Waals surface area contributed by atoms with Crippen molar-refractivity contribution in [2.45, 2.75) is 6.92 Å². The van der Waals surface area contributed by atoms with Crippen LogP contribution < -0.4 is 0 Å². The number of carbonyl (C=O) groups excluding carboxylic acids is 1. The minimum absolute atomic E-state index is 0.117. The van der Waals surface area contributed by atoms with Crippen LogP contribution in [-0.4, -0.2) is 23.2 Å². The Hall–Kier alpha value is -2.04. The van der Waals surface area contributed by atoms with Crippen LogP contribution >= 0.6 is 0 Å². The first-order valence-electron chi connectivity index (χ1n) is 4.30. The first-order valence-corrected chi connectivity index (χ1v) is 4.30. The Morgan fingerprint density at radius 1 is 1.53 bits per heavy atom. The van der Waals surface area contributed by atoms with Gasteiger partial charge in [-0.1, -0.05) is 0 Å². The number of hydrogen-bond acceptors (Lipinski definition) is 5. The Labute approximate surface area is 85.3 Å². The van der Waals surface area contributed by atoms with Crippen molar-refractivity contribution in [3.63, 3.8) is 0 Å². The maximum absolute atomic E-state index is 11.2. The quantitative estimate of drug-likeness (QED) is 0.719. The van der Waals surface area contributed by atoms with Gasteiger partial charge in [0.05, 0.1) is 12.7 Å². The number of aromatic nitrogens is 1. The van der Waals surface area contributed by atoms with Crippen LogP contribution in [-0.2, 0) is 4.74 Å². The van der Waals surface area contributed by atoms with E-state index in [9.17, 15) is 9.90 Å². The van der Waals surface area contributed by atoms with Crippen molar-refractivity contribution in [3.8, 4) is 5.75 Å². The van der Waals surface area contributed by atoms with Crippen LogP contribution in [0, 0.1) is 6.92 Å². The zero-order valence-electron chi connectivity index (χ0n) is 8.27. The number of phenolic OH excluding ortho intramolecular Hbond substituents is 1. The minimum atomic E-state index is -0.521. The van der Waals surface area contributed by atoms with Gasteiger partial charge in [-0.25, -0.2) is 9.78 Å². The third kappa shape index (κ3) is 1.52. The summed E-state index contributed by atoms with van der Waals surface area (Å²) in [6, 6.07) is 2.80. The topological polar surface area (TPSA) is 72.6 Å². The molecule has 15 heavy (non-hydrogen) atoms. The summed E-state index contributed by atoms with van der Waals surface area (Å²) in [5.41, 5.74) is 0.962. The molecule has 1 N–H and O–H groups in total. The van der Waals surface area contributed by atoms with Gasteiger partial charge >= 0.3 is 5.97 Å². The van der Waals surface area contributed by atoms with E-state index in [1.165, 1.54) is 19.2 Å². The maximum atomic E-state index is 11.2. The molecular formula is C10H9NO4. The van der Waals surface area contributed by atoms with E-state index in [1.807, 2.05) is 0 Å². The van der Waals surface area contributed by atoms with Crippen molar-refractivity contribution in [1.82, 2.24) is 4.98 Å². The van der Waals surface area contributed by atoms with Gasteiger partial charge in [0.25, 0.3) is 0 Å². The number of aromatic hydroxyl groups is 1. The zero-order chi connectivity index (χ0) is 11.0. The largest absolute Gasteiger partial charge is 0.504 e. The van der Waals surface area contributed by atoms with Crippen molar-refractivity contribution in [3.05, 3.63) is 23.6 Å². The van der Waals surface area contributed by atoms with Crippen LogP contribution in [0.25, 0.3) is 11.1 Å². The van der Waals surface area contributed by atoms with E-state index in [0.29, 0.717) is 11.4 Å². The first kappa shape index (κ1) is 9.51. The van der Waals surface area contributed by atoms with Crippen molar-refractivity contribution >= 4 is 17.1 Å². The molecule has 0 unspecified atom stereocenters. The molecule has 2 aromatic rings. The van der Waals surface area contributed by atoms with E-state index >= 15 is 0 Å². The average molecular weight is 207 g/mol. The van der Waals surface area contributed by atoms with E-state index in [0.717, 1.165) is 0 Å². The Balaban J connectivity index is 2.66. The number of esters is 1. The molecule has 0 aliphatic carbocycles.